The van der Waals surface area contributed by atoms with Crippen molar-refractivity contribution in [3.63, 3.8) is 0 Å². The highest BCUT2D eigenvalue weighted by Crippen LogP contribution is 2.21. The van der Waals surface area contributed by atoms with Crippen molar-refractivity contribution in [1.82, 2.24) is 5.32 Å². The van der Waals surface area contributed by atoms with Crippen LogP contribution in [0.2, 0.25) is 0 Å². The molecule has 0 spiro atoms. The molecule has 0 unspecified atom stereocenters. The molecule has 27 heavy (non-hydrogen) atoms. The molecule has 1 saturated heterocycles. The first-order valence-electron chi connectivity index (χ1n) is 9.00. The van der Waals surface area contributed by atoms with Gasteiger partial charge in [-0.25, -0.2) is 0 Å². The Bertz CT molecular complexity index is 875. The molecule has 3 rings (SSSR count). The molecule has 1 fully saturated rings. The van der Waals surface area contributed by atoms with Crippen molar-refractivity contribution in [3.05, 3.63) is 59.2 Å². The average molecular weight is 365 g/mol. The van der Waals surface area contributed by atoms with Gasteiger partial charge in [-0.1, -0.05) is 6.07 Å². The van der Waals surface area contributed by atoms with Gasteiger partial charge in [-0.2, -0.15) is 0 Å². The van der Waals surface area contributed by atoms with Crippen LogP contribution in [0.25, 0.3) is 0 Å². The molecule has 1 aliphatic rings. The molecule has 2 aromatic rings. The summed E-state index contributed by atoms with van der Waals surface area (Å²) in [6, 6.07) is 12.5. The Kier molecular flexibility index (Phi) is 5.54. The van der Waals surface area contributed by atoms with Gasteiger partial charge in [0.1, 0.15) is 0 Å². The van der Waals surface area contributed by atoms with E-state index >= 15 is 0 Å². The Morgan fingerprint density at radius 2 is 1.78 bits per heavy atom. The molecule has 0 bridgehead atoms. The molecule has 0 aliphatic carbocycles. The monoisotopic (exact) mass is 365 g/mol. The van der Waals surface area contributed by atoms with Crippen LogP contribution in [0.5, 0.6) is 0 Å². The number of hydrogen-bond donors (Lipinski definition) is 2. The van der Waals surface area contributed by atoms with E-state index in [9.17, 15) is 14.4 Å². The first-order valence-corrected chi connectivity index (χ1v) is 9.00. The van der Waals surface area contributed by atoms with E-state index in [4.69, 9.17) is 0 Å². The fourth-order valence-electron chi connectivity index (χ4n) is 3.00. The standard InChI is InChI=1S/C21H23N3O3/c1-14-5-8-17(12-15(14)2)23-19(25)13-22-21(27)16-6-9-18(10-7-16)24-11-3-4-20(24)26/h5-10,12H,3-4,11,13H2,1-2H3,(H,22,27)(H,23,25). The minimum atomic E-state index is -0.329. The van der Waals surface area contributed by atoms with E-state index in [-0.39, 0.29) is 24.3 Å². The van der Waals surface area contributed by atoms with E-state index in [2.05, 4.69) is 10.6 Å². The van der Waals surface area contributed by atoms with Crippen LogP contribution < -0.4 is 15.5 Å². The van der Waals surface area contributed by atoms with Gasteiger partial charge in [0.2, 0.25) is 11.8 Å². The first kappa shape index (κ1) is 18.6. The SMILES string of the molecule is Cc1ccc(NC(=O)CNC(=O)c2ccc(N3CCCC3=O)cc2)cc1C. The smallest absolute Gasteiger partial charge is 0.251 e. The Balaban J connectivity index is 1.53. The summed E-state index contributed by atoms with van der Waals surface area (Å²) in [5.41, 5.74) is 4.19. The van der Waals surface area contributed by atoms with Crippen LogP contribution in [0.4, 0.5) is 11.4 Å². The quantitative estimate of drug-likeness (QED) is 0.855. The summed E-state index contributed by atoms with van der Waals surface area (Å²) in [6.45, 7) is 4.58. The topological polar surface area (TPSA) is 78.5 Å². The van der Waals surface area contributed by atoms with E-state index in [0.29, 0.717) is 24.2 Å². The first-order chi connectivity index (χ1) is 12.9. The van der Waals surface area contributed by atoms with Gasteiger partial charge in [0.15, 0.2) is 0 Å². The number of carbonyl (C=O) groups excluding carboxylic acids is 3. The van der Waals surface area contributed by atoms with E-state index in [1.54, 1.807) is 29.2 Å². The molecule has 140 valence electrons. The van der Waals surface area contributed by atoms with Gasteiger partial charge in [0.05, 0.1) is 6.54 Å². The van der Waals surface area contributed by atoms with E-state index in [1.165, 1.54) is 0 Å². The third-order valence-corrected chi connectivity index (χ3v) is 4.71. The predicted molar refractivity (Wildman–Crippen MR) is 105 cm³/mol. The minimum absolute atomic E-state index is 0.107. The molecular weight excluding hydrogens is 342 g/mol. The van der Waals surface area contributed by atoms with E-state index < -0.39 is 0 Å². The summed E-state index contributed by atoms with van der Waals surface area (Å²) < 4.78 is 0. The summed E-state index contributed by atoms with van der Waals surface area (Å²) in [6.07, 6.45) is 1.43. The molecule has 2 aromatic carbocycles. The molecular formula is C21H23N3O3. The molecule has 0 aromatic heterocycles. The number of hydrogen-bond acceptors (Lipinski definition) is 3. The summed E-state index contributed by atoms with van der Waals surface area (Å²) in [4.78, 5) is 37.7. The minimum Gasteiger partial charge on any atom is -0.343 e. The van der Waals surface area contributed by atoms with Crippen molar-refractivity contribution >= 4 is 29.1 Å². The molecule has 2 N–H and O–H groups in total. The number of carbonyl (C=O) groups is 3. The number of benzene rings is 2. The second-order valence-corrected chi connectivity index (χ2v) is 6.73. The molecule has 6 nitrogen and oxygen atoms in total. The maximum absolute atomic E-state index is 12.2. The van der Waals surface area contributed by atoms with Gasteiger partial charge in [-0.15, -0.1) is 0 Å². The fraction of sp³-hybridized carbons (Fsp3) is 0.286. The highest BCUT2D eigenvalue weighted by Gasteiger charge is 2.21. The lowest BCUT2D eigenvalue weighted by Gasteiger charge is -2.15. The van der Waals surface area contributed by atoms with Gasteiger partial charge in [-0.3, -0.25) is 14.4 Å². The Morgan fingerprint density at radius 3 is 2.41 bits per heavy atom. The maximum atomic E-state index is 12.2. The van der Waals surface area contributed by atoms with Crippen molar-refractivity contribution in [2.45, 2.75) is 26.7 Å². The fourth-order valence-corrected chi connectivity index (χ4v) is 3.00. The lowest BCUT2D eigenvalue weighted by Crippen LogP contribution is -2.33. The van der Waals surface area contributed by atoms with Gasteiger partial charge >= 0.3 is 0 Å². The lowest BCUT2D eigenvalue weighted by molar-refractivity contribution is -0.117. The summed E-state index contributed by atoms with van der Waals surface area (Å²) >= 11 is 0. The Morgan fingerprint density at radius 1 is 1.04 bits per heavy atom. The largest absolute Gasteiger partial charge is 0.343 e. The molecule has 0 radical (unpaired) electrons. The summed E-state index contributed by atoms with van der Waals surface area (Å²) in [7, 11) is 0. The molecule has 0 saturated carbocycles. The summed E-state index contributed by atoms with van der Waals surface area (Å²) in [5, 5.41) is 5.38. The number of nitrogens with one attached hydrogen (secondary N) is 2. The second kappa shape index (κ2) is 8.03. The lowest BCUT2D eigenvalue weighted by atomic mass is 10.1. The number of rotatable bonds is 5. The van der Waals surface area contributed by atoms with Gasteiger partial charge in [-0.05, 0) is 67.8 Å². The number of amides is 3. The molecule has 1 heterocycles. The zero-order chi connectivity index (χ0) is 19.4. The number of anilines is 2. The van der Waals surface area contributed by atoms with Crippen LogP contribution in [-0.2, 0) is 9.59 Å². The average Bonchev–Trinajstić information content (AvgIpc) is 3.09. The highest BCUT2D eigenvalue weighted by molar-refractivity contribution is 6.00. The van der Waals surface area contributed by atoms with E-state index in [0.717, 1.165) is 23.2 Å². The number of aryl methyl sites for hydroxylation is 2. The molecule has 3 amide bonds. The Hall–Kier alpha value is -3.15. The van der Waals surface area contributed by atoms with Gasteiger partial charge in [0, 0.05) is 29.9 Å². The zero-order valence-corrected chi connectivity index (χ0v) is 15.5. The second-order valence-electron chi connectivity index (χ2n) is 6.73. The number of nitrogens with zero attached hydrogens (tertiary/aromatic N) is 1. The van der Waals surface area contributed by atoms with Crippen LogP contribution >= 0.6 is 0 Å². The van der Waals surface area contributed by atoms with Crippen molar-refractivity contribution in [3.8, 4) is 0 Å². The van der Waals surface area contributed by atoms with Crippen molar-refractivity contribution in [2.75, 3.05) is 23.3 Å². The van der Waals surface area contributed by atoms with E-state index in [1.807, 2.05) is 32.0 Å². The van der Waals surface area contributed by atoms with Crippen LogP contribution in [0.3, 0.4) is 0 Å². The molecule has 0 atom stereocenters. The van der Waals surface area contributed by atoms with Crippen molar-refractivity contribution in [1.29, 1.82) is 0 Å². The summed E-state index contributed by atoms with van der Waals surface area (Å²) in [5.74, 6) is -0.509. The third-order valence-electron chi connectivity index (χ3n) is 4.71. The van der Waals surface area contributed by atoms with Crippen LogP contribution in [-0.4, -0.2) is 30.8 Å². The molecule has 1 aliphatic heterocycles. The Labute approximate surface area is 158 Å². The molecule has 6 heteroatoms. The normalized spacial score (nSPS) is 13.6. The highest BCUT2D eigenvalue weighted by atomic mass is 16.2. The zero-order valence-electron chi connectivity index (χ0n) is 15.5. The van der Waals surface area contributed by atoms with Gasteiger partial charge < -0.3 is 15.5 Å². The predicted octanol–water partition coefficient (Wildman–Crippen LogP) is 2.80. The van der Waals surface area contributed by atoms with Crippen molar-refractivity contribution in [2.24, 2.45) is 0 Å². The van der Waals surface area contributed by atoms with Crippen LogP contribution in [0.15, 0.2) is 42.5 Å². The third kappa shape index (κ3) is 4.53. The van der Waals surface area contributed by atoms with Gasteiger partial charge in [0.25, 0.3) is 5.91 Å². The van der Waals surface area contributed by atoms with Crippen LogP contribution in [0.1, 0.15) is 34.3 Å². The van der Waals surface area contributed by atoms with Crippen LogP contribution in [0, 0.1) is 13.8 Å². The van der Waals surface area contributed by atoms with Crippen molar-refractivity contribution < 1.29 is 14.4 Å². The maximum Gasteiger partial charge on any atom is 0.251 e.